The highest BCUT2D eigenvalue weighted by molar-refractivity contribution is 5.78. The van der Waals surface area contributed by atoms with Crippen LogP contribution in [0.2, 0.25) is 0 Å². The highest BCUT2D eigenvalue weighted by Crippen LogP contribution is 2.10. The normalized spacial score (nSPS) is 12.2. The fraction of sp³-hybridized carbons (Fsp3) is 0.500. The van der Waals surface area contributed by atoms with Gasteiger partial charge in [-0.2, -0.15) is 0 Å². The Bertz CT molecular complexity index is 354. The first-order valence-corrected chi connectivity index (χ1v) is 6.32. The third kappa shape index (κ3) is 4.47. The molecule has 0 saturated carbocycles. The lowest BCUT2D eigenvalue weighted by Crippen LogP contribution is -2.37. The molecule has 1 unspecified atom stereocenters. The quantitative estimate of drug-likeness (QED) is 0.758. The van der Waals surface area contributed by atoms with E-state index < -0.39 is 0 Å². The van der Waals surface area contributed by atoms with Crippen molar-refractivity contribution in [2.45, 2.75) is 19.9 Å². The van der Waals surface area contributed by atoms with Crippen LogP contribution in [0.3, 0.4) is 0 Å². The molecule has 1 rings (SSSR count). The number of hydrogen-bond donors (Lipinski definition) is 2. The number of benzene rings is 1. The Balaban J connectivity index is 2.67. The van der Waals surface area contributed by atoms with Crippen LogP contribution in [-0.2, 0) is 11.3 Å². The van der Waals surface area contributed by atoms with Crippen LogP contribution in [0.15, 0.2) is 30.3 Å². The fourth-order valence-electron chi connectivity index (χ4n) is 1.88. The minimum Gasteiger partial charge on any atom is -0.395 e. The van der Waals surface area contributed by atoms with E-state index in [-0.39, 0.29) is 18.4 Å². The van der Waals surface area contributed by atoms with Gasteiger partial charge in [0.15, 0.2) is 0 Å². The van der Waals surface area contributed by atoms with Gasteiger partial charge in [-0.1, -0.05) is 37.3 Å². The van der Waals surface area contributed by atoms with E-state index in [2.05, 4.69) is 0 Å². The highest BCUT2D eigenvalue weighted by atomic mass is 16.3. The van der Waals surface area contributed by atoms with Crippen molar-refractivity contribution in [3.05, 3.63) is 35.9 Å². The van der Waals surface area contributed by atoms with E-state index in [9.17, 15) is 4.79 Å². The monoisotopic (exact) mass is 250 g/mol. The second-order valence-electron chi connectivity index (χ2n) is 4.45. The van der Waals surface area contributed by atoms with Gasteiger partial charge in [-0.3, -0.25) is 4.79 Å². The average Bonchev–Trinajstić information content (AvgIpc) is 2.39. The predicted molar refractivity (Wildman–Crippen MR) is 71.8 cm³/mol. The smallest absolute Gasteiger partial charge is 0.225 e. The molecule has 0 radical (unpaired) electrons. The van der Waals surface area contributed by atoms with Gasteiger partial charge < -0.3 is 15.7 Å². The van der Waals surface area contributed by atoms with Gasteiger partial charge in [-0.25, -0.2) is 0 Å². The molecule has 0 bridgehead atoms. The number of nitrogens with two attached hydrogens (primary N) is 1. The largest absolute Gasteiger partial charge is 0.395 e. The molecule has 0 aliphatic carbocycles. The Morgan fingerprint density at radius 3 is 2.61 bits per heavy atom. The molecule has 0 spiro atoms. The summed E-state index contributed by atoms with van der Waals surface area (Å²) in [5, 5.41) is 9.06. The minimum absolute atomic E-state index is 0.0199. The Labute approximate surface area is 108 Å². The number of nitrogens with zero attached hydrogens (tertiary/aromatic N) is 1. The van der Waals surface area contributed by atoms with Crippen LogP contribution >= 0.6 is 0 Å². The van der Waals surface area contributed by atoms with Crippen molar-refractivity contribution >= 4 is 5.91 Å². The summed E-state index contributed by atoms with van der Waals surface area (Å²) < 4.78 is 0. The zero-order valence-electron chi connectivity index (χ0n) is 10.9. The van der Waals surface area contributed by atoms with Crippen LogP contribution in [0.25, 0.3) is 0 Å². The molecule has 0 saturated heterocycles. The van der Waals surface area contributed by atoms with Crippen molar-refractivity contribution in [2.24, 2.45) is 11.7 Å². The standard InChI is InChI=1S/C14H22N2O2/c1-12(7-8-15)14(18)16(9-10-17)11-13-5-3-2-4-6-13/h2-6,12,17H,7-11,15H2,1H3. The molecule has 18 heavy (non-hydrogen) atoms. The van der Waals surface area contributed by atoms with Crippen molar-refractivity contribution in [1.82, 2.24) is 4.90 Å². The number of carbonyl (C=O) groups excluding carboxylic acids is 1. The molecule has 3 N–H and O–H groups in total. The summed E-state index contributed by atoms with van der Waals surface area (Å²) >= 11 is 0. The second-order valence-corrected chi connectivity index (χ2v) is 4.45. The number of hydrogen-bond acceptors (Lipinski definition) is 3. The summed E-state index contributed by atoms with van der Waals surface area (Å²) in [7, 11) is 0. The summed E-state index contributed by atoms with van der Waals surface area (Å²) in [6.45, 7) is 3.27. The molecule has 1 aromatic rings. The van der Waals surface area contributed by atoms with Crippen molar-refractivity contribution in [3.63, 3.8) is 0 Å². The number of rotatable bonds is 7. The van der Waals surface area contributed by atoms with E-state index in [1.807, 2.05) is 37.3 Å². The Morgan fingerprint density at radius 1 is 1.39 bits per heavy atom. The summed E-state index contributed by atoms with van der Waals surface area (Å²) in [6.07, 6.45) is 0.676. The van der Waals surface area contributed by atoms with E-state index in [0.29, 0.717) is 26.1 Å². The SMILES string of the molecule is CC(CCN)C(=O)N(CCO)Cc1ccccc1. The second kappa shape index (κ2) is 7.84. The predicted octanol–water partition coefficient (Wildman–Crippen LogP) is 0.992. The Morgan fingerprint density at radius 2 is 2.06 bits per heavy atom. The molecule has 1 aromatic carbocycles. The molecule has 100 valence electrons. The van der Waals surface area contributed by atoms with Crippen molar-refractivity contribution in [2.75, 3.05) is 19.7 Å². The van der Waals surface area contributed by atoms with E-state index >= 15 is 0 Å². The number of aliphatic hydroxyl groups is 1. The molecule has 4 nitrogen and oxygen atoms in total. The first-order chi connectivity index (χ1) is 8.69. The third-order valence-electron chi connectivity index (χ3n) is 2.92. The van der Waals surface area contributed by atoms with Gasteiger partial charge >= 0.3 is 0 Å². The van der Waals surface area contributed by atoms with Gasteiger partial charge in [0.05, 0.1) is 6.61 Å². The lowest BCUT2D eigenvalue weighted by atomic mass is 10.1. The summed E-state index contributed by atoms with van der Waals surface area (Å²) in [5.41, 5.74) is 6.54. The van der Waals surface area contributed by atoms with E-state index in [0.717, 1.165) is 5.56 Å². The maximum atomic E-state index is 12.2. The van der Waals surface area contributed by atoms with E-state index in [4.69, 9.17) is 10.8 Å². The van der Waals surface area contributed by atoms with Gasteiger partial charge in [0.1, 0.15) is 0 Å². The summed E-state index contributed by atoms with van der Waals surface area (Å²) in [5.74, 6) is -0.0383. The molecular weight excluding hydrogens is 228 g/mol. The van der Waals surface area contributed by atoms with Crippen LogP contribution in [0, 0.1) is 5.92 Å². The first-order valence-electron chi connectivity index (χ1n) is 6.32. The zero-order valence-corrected chi connectivity index (χ0v) is 10.9. The molecule has 1 atom stereocenters. The van der Waals surface area contributed by atoms with Gasteiger partial charge in [0, 0.05) is 19.0 Å². The van der Waals surface area contributed by atoms with Gasteiger partial charge in [0.2, 0.25) is 5.91 Å². The Kier molecular flexibility index (Phi) is 6.39. The molecule has 0 fully saturated rings. The van der Waals surface area contributed by atoms with Crippen molar-refractivity contribution in [1.29, 1.82) is 0 Å². The maximum absolute atomic E-state index is 12.2. The summed E-state index contributed by atoms with van der Waals surface area (Å²) in [4.78, 5) is 13.9. The highest BCUT2D eigenvalue weighted by Gasteiger charge is 2.19. The topological polar surface area (TPSA) is 66.6 Å². The third-order valence-corrected chi connectivity index (χ3v) is 2.92. The molecule has 0 aromatic heterocycles. The molecule has 0 aliphatic heterocycles. The lowest BCUT2D eigenvalue weighted by Gasteiger charge is -2.25. The minimum atomic E-state index is -0.0923. The molecule has 1 amide bonds. The van der Waals surface area contributed by atoms with Crippen LogP contribution in [0.1, 0.15) is 18.9 Å². The first kappa shape index (κ1) is 14.7. The van der Waals surface area contributed by atoms with Crippen LogP contribution < -0.4 is 5.73 Å². The van der Waals surface area contributed by atoms with Gasteiger partial charge in [-0.05, 0) is 18.5 Å². The van der Waals surface area contributed by atoms with Crippen LogP contribution in [-0.4, -0.2) is 35.6 Å². The van der Waals surface area contributed by atoms with Crippen molar-refractivity contribution in [3.8, 4) is 0 Å². The van der Waals surface area contributed by atoms with Gasteiger partial charge in [-0.15, -0.1) is 0 Å². The zero-order chi connectivity index (χ0) is 13.4. The molecular formula is C14H22N2O2. The number of amides is 1. The maximum Gasteiger partial charge on any atom is 0.225 e. The Hall–Kier alpha value is -1.39. The van der Waals surface area contributed by atoms with Gasteiger partial charge in [0.25, 0.3) is 0 Å². The fourth-order valence-corrected chi connectivity index (χ4v) is 1.88. The number of aliphatic hydroxyl groups excluding tert-OH is 1. The molecule has 4 heteroatoms. The lowest BCUT2D eigenvalue weighted by molar-refractivity contribution is -0.136. The van der Waals surface area contributed by atoms with Crippen LogP contribution in [0.5, 0.6) is 0 Å². The van der Waals surface area contributed by atoms with Crippen molar-refractivity contribution < 1.29 is 9.90 Å². The number of carbonyl (C=O) groups is 1. The van der Waals surface area contributed by atoms with Crippen LogP contribution in [0.4, 0.5) is 0 Å². The molecule has 0 aliphatic rings. The average molecular weight is 250 g/mol. The summed E-state index contributed by atoms with van der Waals surface area (Å²) in [6, 6.07) is 9.79. The molecule has 0 heterocycles. The van der Waals surface area contributed by atoms with E-state index in [1.165, 1.54) is 0 Å². The van der Waals surface area contributed by atoms with E-state index in [1.54, 1.807) is 4.90 Å².